The number of fused-ring (bicyclic) bond motifs is 1. The molecule has 1 saturated heterocycles. The van der Waals surface area contributed by atoms with E-state index in [1.807, 2.05) is 0 Å². The van der Waals surface area contributed by atoms with Crippen molar-refractivity contribution in [2.45, 2.75) is 18.9 Å². The van der Waals surface area contributed by atoms with Crippen molar-refractivity contribution in [3.8, 4) is 0 Å². The largest absolute Gasteiger partial charge is 0.389 e. The number of halogens is 1. The highest BCUT2D eigenvalue weighted by molar-refractivity contribution is 5.78. The highest BCUT2D eigenvalue weighted by atomic mass is 19.1. The maximum absolute atomic E-state index is 13.0. The highest BCUT2D eigenvalue weighted by Crippen LogP contribution is 2.15. The summed E-state index contributed by atoms with van der Waals surface area (Å²) in [5.41, 5.74) is 1.34. The van der Waals surface area contributed by atoms with Gasteiger partial charge in [-0.3, -0.25) is 4.79 Å². The number of carbonyl (C=O) groups is 1. The zero-order chi connectivity index (χ0) is 13.4. The Morgan fingerprint density at radius 1 is 1.53 bits per heavy atom. The second kappa shape index (κ2) is 4.62. The Morgan fingerprint density at radius 3 is 3.05 bits per heavy atom. The Kier molecular flexibility index (Phi) is 2.94. The number of hydrogen-bond acceptors (Lipinski definition) is 3. The summed E-state index contributed by atoms with van der Waals surface area (Å²) in [5, 5.41) is 9.13. The van der Waals surface area contributed by atoms with Crippen LogP contribution in [0.25, 0.3) is 11.0 Å². The molecule has 5 nitrogen and oxygen atoms in total. The number of nitrogens with one attached hydrogen (secondary N) is 1. The van der Waals surface area contributed by atoms with Gasteiger partial charge in [0, 0.05) is 25.9 Å². The average Bonchev–Trinajstić information content (AvgIpc) is 2.74. The summed E-state index contributed by atoms with van der Waals surface area (Å²) in [4.78, 5) is 20.7. The van der Waals surface area contributed by atoms with Crippen LogP contribution in [0.2, 0.25) is 0 Å². The Bertz CT molecular complexity index is 619. The van der Waals surface area contributed by atoms with E-state index in [1.54, 1.807) is 11.0 Å². The molecular weight excluding hydrogens is 249 g/mol. The van der Waals surface area contributed by atoms with Gasteiger partial charge < -0.3 is 15.0 Å². The van der Waals surface area contributed by atoms with Gasteiger partial charge in [0.25, 0.3) is 0 Å². The molecule has 1 aromatic carbocycles. The first kappa shape index (κ1) is 12.1. The lowest BCUT2D eigenvalue weighted by Crippen LogP contribution is -2.53. The molecule has 1 aliphatic rings. The van der Waals surface area contributed by atoms with E-state index in [2.05, 4.69) is 9.97 Å². The van der Waals surface area contributed by atoms with Crippen molar-refractivity contribution in [2.75, 3.05) is 13.1 Å². The minimum atomic E-state index is -0.377. The summed E-state index contributed by atoms with van der Waals surface area (Å²) in [6.45, 7) is 0.842. The summed E-state index contributed by atoms with van der Waals surface area (Å²) in [6, 6.07) is 4.36. The zero-order valence-corrected chi connectivity index (χ0v) is 10.3. The quantitative estimate of drug-likeness (QED) is 0.862. The monoisotopic (exact) mass is 263 g/mol. The van der Waals surface area contributed by atoms with Crippen molar-refractivity contribution in [2.24, 2.45) is 0 Å². The lowest BCUT2D eigenvalue weighted by molar-refractivity contribution is -0.141. The van der Waals surface area contributed by atoms with Crippen LogP contribution >= 0.6 is 0 Å². The maximum Gasteiger partial charge on any atom is 0.223 e. The van der Waals surface area contributed by atoms with Crippen molar-refractivity contribution in [3.63, 3.8) is 0 Å². The van der Waals surface area contributed by atoms with Crippen LogP contribution in [0, 0.1) is 5.82 Å². The molecule has 0 unspecified atom stereocenters. The number of aliphatic hydroxyl groups excluding tert-OH is 1. The van der Waals surface area contributed by atoms with E-state index in [-0.39, 0.29) is 17.8 Å². The summed E-state index contributed by atoms with van der Waals surface area (Å²) < 4.78 is 13.0. The predicted octanol–water partition coefficient (Wildman–Crippen LogP) is 0.838. The molecule has 1 aliphatic heterocycles. The molecular formula is C13H14FN3O2. The maximum atomic E-state index is 13.0. The number of aromatic nitrogens is 2. The van der Waals surface area contributed by atoms with E-state index < -0.39 is 0 Å². The highest BCUT2D eigenvalue weighted by Gasteiger charge is 2.28. The van der Waals surface area contributed by atoms with Crippen LogP contribution in [-0.4, -0.2) is 45.1 Å². The normalized spacial score (nSPS) is 15.8. The first-order chi connectivity index (χ1) is 9.11. The summed E-state index contributed by atoms with van der Waals surface area (Å²) in [6.07, 6.45) is 0.453. The minimum absolute atomic E-state index is 0.0111. The summed E-state index contributed by atoms with van der Waals surface area (Å²) >= 11 is 0. The number of rotatable bonds is 3. The average molecular weight is 263 g/mol. The van der Waals surface area contributed by atoms with Crippen LogP contribution in [0.5, 0.6) is 0 Å². The van der Waals surface area contributed by atoms with E-state index in [4.69, 9.17) is 5.11 Å². The van der Waals surface area contributed by atoms with Gasteiger partial charge in [-0.15, -0.1) is 0 Å². The molecule has 19 heavy (non-hydrogen) atoms. The molecule has 2 heterocycles. The first-order valence-electron chi connectivity index (χ1n) is 6.22. The van der Waals surface area contributed by atoms with Crippen molar-refractivity contribution < 1.29 is 14.3 Å². The predicted molar refractivity (Wildman–Crippen MR) is 67.0 cm³/mol. The third-order valence-electron chi connectivity index (χ3n) is 3.28. The molecule has 0 spiro atoms. The molecule has 1 fully saturated rings. The molecule has 0 bridgehead atoms. The standard InChI is InChI=1S/C13H14FN3O2/c14-8-1-2-10-11(5-8)16-12(15-10)3-4-13(19)17-6-9(18)7-17/h1-2,5,9,18H,3-4,6-7H2,(H,15,16). The number of carbonyl (C=O) groups excluding carboxylic acids is 1. The molecule has 0 radical (unpaired) electrons. The van der Waals surface area contributed by atoms with E-state index in [0.29, 0.717) is 42.8 Å². The fraction of sp³-hybridized carbons (Fsp3) is 0.385. The van der Waals surface area contributed by atoms with Crippen LogP contribution in [0.15, 0.2) is 18.2 Å². The van der Waals surface area contributed by atoms with E-state index >= 15 is 0 Å². The van der Waals surface area contributed by atoms with Crippen molar-refractivity contribution in [3.05, 3.63) is 29.8 Å². The number of amides is 1. The van der Waals surface area contributed by atoms with Gasteiger partial charge in [-0.1, -0.05) is 0 Å². The van der Waals surface area contributed by atoms with Crippen LogP contribution in [0.4, 0.5) is 4.39 Å². The topological polar surface area (TPSA) is 69.2 Å². The van der Waals surface area contributed by atoms with Gasteiger partial charge in [-0.25, -0.2) is 9.37 Å². The Labute approximate surface area is 109 Å². The molecule has 2 N–H and O–H groups in total. The van der Waals surface area contributed by atoms with Crippen molar-refractivity contribution in [1.82, 2.24) is 14.9 Å². The lowest BCUT2D eigenvalue weighted by Gasteiger charge is -2.35. The van der Waals surface area contributed by atoms with Crippen LogP contribution in [-0.2, 0) is 11.2 Å². The van der Waals surface area contributed by atoms with E-state index in [0.717, 1.165) is 0 Å². The number of aryl methyl sites for hydroxylation is 1. The first-order valence-corrected chi connectivity index (χ1v) is 6.22. The molecule has 1 amide bonds. The number of aliphatic hydroxyl groups is 1. The Balaban J connectivity index is 1.63. The summed E-state index contributed by atoms with van der Waals surface area (Å²) in [7, 11) is 0. The fourth-order valence-electron chi connectivity index (χ4n) is 2.20. The number of nitrogens with zero attached hydrogens (tertiary/aromatic N) is 2. The van der Waals surface area contributed by atoms with Crippen LogP contribution in [0.1, 0.15) is 12.2 Å². The van der Waals surface area contributed by atoms with Gasteiger partial charge in [0.1, 0.15) is 11.6 Å². The Morgan fingerprint density at radius 2 is 2.32 bits per heavy atom. The second-order valence-electron chi connectivity index (χ2n) is 4.80. The molecule has 2 aromatic rings. The zero-order valence-electron chi connectivity index (χ0n) is 10.3. The smallest absolute Gasteiger partial charge is 0.223 e. The van der Waals surface area contributed by atoms with Gasteiger partial charge >= 0.3 is 0 Å². The number of H-pyrrole nitrogens is 1. The minimum Gasteiger partial charge on any atom is -0.389 e. The number of hydrogen-bond donors (Lipinski definition) is 2. The van der Waals surface area contributed by atoms with Gasteiger partial charge in [0.05, 0.1) is 17.1 Å². The molecule has 0 aliphatic carbocycles. The van der Waals surface area contributed by atoms with Gasteiger partial charge in [-0.2, -0.15) is 0 Å². The molecule has 0 atom stereocenters. The molecule has 3 rings (SSSR count). The fourth-order valence-corrected chi connectivity index (χ4v) is 2.20. The lowest BCUT2D eigenvalue weighted by atomic mass is 10.1. The van der Waals surface area contributed by atoms with E-state index in [1.165, 1.54) is 12.1 Å². The third kappa shape index (κ3) is 2.44. The number of aromatic amines is 1. The number of benzene rings is 1. The molecule has 0 saturated carbocycles. The molecule has 6 heteroatoms. The van der Waals surface area contributed by atoms with Crippen LogP contribution in [0.3, 0.4) is 0 Å². The van der Waals surface area contributed by atoms with Crippen LogP contribution < -0.4 is 0 Å². The van der Waals surface area contributed by atoms with Gasteiger partial charge in [-0.05, 0) is 18.2 Å². The number of β-amino-alcohol motifs (C(OH)–C–C–N with tert-alkyl or cyclic N) is 1. The summed E-state index contributed by atoms with van der Waals surface area (Å²) in [5.74, 6) is 0.375. The Hall–Kier alpha value is -1.95. The molecule has 1 aromatic heterocycles. The second-order valence-corrected chi connectivity index (χ2v) is 4.80. The van der Waals surface area contributed by atoms with E-state index in [9.17, 15) is 9.18 Å². The SMILES string of the molecule is O=C(CCc1nc2ccc(F)cc2[nH]1)N1CC(O)C1. The number of likely N-dealkylation sites (tertiary alicyclic amines) is 1. The van der Waals surface area contributed by atoms with Gasteiger partial charge in [0.15, 0.2) is 0 Å². The number of imidazole rings is 1. The van der Waals surface area contributed by atoms with Crippen molar-refractivity contribution in [1.29, 1.82) is 0 Å². The van der Waals surface area contributed by atoms with Crippen molar-refractivity contribution >= 4 is 16.9 Å². The van der Waals surface area contributed by atoms with Gasteiger partial charge in [0.2, 0.25) is 5.91 Å². The third-order valence-corrected chi connectivity index (χ3v) is 3.28. The molecule has 100 valence electrons.